The molecule has 4 nitrogen and oxygen atoms in total. The second-order valence-corrected chi connectivity index (χ2v) is 14.4. The summed E-state index contributed by atoms with van der Waals surface area (Å²) in [6.45, 7) is 0. The Labute approximate surface area is 324 Å². The molecule has 0 spiro atoms. The molecule has 0 fully saturated rings. The van der Waals surface area contributed by atoms with Gasteiger partial charge in [0, 0.05) is 44.2 Å². The van der Waals surface area contributed by atoms with E-state index >= 15 is 0 Å². The molecular formula is C52H36N4. The molecule has 10 aromatic rings. The maximum atomic E-state index is 5.34. The summed E-state index contributed by atoms with van der Waals surface area (Å²) in [6, 6.07) is 71.5. The van der Waals surface area contributed by atoms with Crippen molar-refractivity contribution in [1.82, 2.24) is 14.5 Å². The SMILES string of the molecule is C1=C(c2ccc(-n3c4ccccc4c4ccccc43)cc2)NC(c2ccc(-c3ccccc3)cc2)=NC1c1ccc(-n2c3ccccc3c3ccccc32)cc1. The third-order valence-electron chi connectivity index (χ3n) is 11.2. The number of aromatic nitrogens is 2. The molecule has 0 aliphatic carbocycles. The molecule has 264 valence electrons. The Balaban J connectivity index is 0.985. The van der Waals surface area contributed by atoms with E-state index in [2.05, 4.69) is 221 Å². The first kappa shape index (κ1) is 32.0. The summed E-state index contributed by atoms with van der Waals surface area (Å²) in [6.07, 6.45) is 2.26. The van der Waals surface area contributed by atoms with Crippen LogP contribution in [0, 0.1) is 0 Å². The van der Waals surface area contributed by atoms with Crippen LogP contribution in [-0.2, 0) is 0 Å². The summed E-state index contributed by atoms with van der Waals surface area (Å²) < 4.78 is 4.72. The van der Waals surface area contributed by atoms with Crippen molar-refractivity contribution in [1.29, 1.82) is 0 Å². The Morgan fingerprint density at radius 1 is 0.357 bits per heavy atom. The van der Waals surface area contributed by atoms with Crippen LogP contribution < -0.4 is 5.32 Å². The van der Waals surface area contributed by atoms with Gasteiger partial charge in [0.05, 0.1) is 28.1 Å². The highest BCUT2D eigenvalue weighted by atomic mass is 15.0. The fraction of sp³-hybridized carbons (Fsp3) is 0.0192. The van der Waals surface area contributed by atoms with Gasteiger partial charge in [-0.2, -0.15) is 0 Å². The van der Waals surface area contributed by atoms with Crippen molar-refractivity contribution in [2.24, 2.45) is 4.99 Å². The van der Waals surface area contributed by atoms with E-state index < -0.39 is 0 Å². The number of hydrogen-bond donors (Lipinski definition) is 1. The number of aliphatic imine (C=N–C) groups is 1. The van der Waals surface area contributed by atoms with Gasteiger partial charge in [0.25, 0.3) is 0 Å². The molecule has 3 heterocycles. The van der Waals surface area contributed by atoms with E-state index in [0.717, 1.165) is 39.6 Å². The van der Waals surface area contributed by atoms with Gasteiger partial charge < -0.3 is 14.5 Å². The predicted octanol–water partition coefficient (Wildman–Crippen LogP) is 12.7. The third kappa shape index (κ3) is 5.34. The zero-order valence-electron chi connectivity index (χ0n) is 30.5. The first-order valence-corrected chi connectivity index (χ1v) is 19.2. The molecule has 1 unspecified atom stereocenters. The zero-order valence-corrected chi connectivity index (χ0v) is 30.5. The normalized spacial score (nSPS) is 14.2. The molecule has 0 saturated carbocycles. The maximum Gasteiger partial charge on any atom is 0.133 e. The minimum absolute atomic E-state index is 0.181. The van der Waals surface area contributed by atoms with Gasteiger partial charge in [-0.15, -0.1) is 0 Å². The first-order chi connectivity index (χ1) is 27.8. The second kappa shape index (κ2) is 13.2. The molecular weight excluding hydrogens is 681 g/mol. The number of hydrogen-bond acceptors (Lipinski definition) is 2. The van der Waals surface area contributed by atoms with Gasteiger partial charge in [-0.3, -0.25) is 4.99 Å². The van der Waals surface area contributed by atoms with Crippen LogP contribution in [0.1, 0.15) is 22.7 Å². The number of fused-ring (bicyclic) bond motifs is 6. The van der Waals surface area contributed by atoms with Crippen LogP contribution in [-0.4, -0.2) is 15.0 Å². The van der Waals surface area contributed by atoms with Crippen LogP contribution in [0.4, 0.5) is 0 Å². The van der Waals surface area contributed by atoms with E-state index in [1.165, 1.54) is 54.7 Å². The van der Waals surface area contributed by atoms with Crippen molar-refractivity contribution in [3.8, 4) is 22.5 Å². The van der Waals surface area contributed by atoms with Gasteiger partial charge in [-0.05, 0) is 76.9 Å². The Morgan fingerprint density at radius 3 is 1.25 bits per heavy atom. The van der Waals surface area contributed by atoms with Crippen molar-refractivity contribution >= 4 is 55.1 Å². The minimum Gasteiger partial charge on any atom is -0.340 e. The zero-order chi connectivity index (χ0) is 37.0. The molecule has 1 atom stereocenters. The lowest BCUT2D eigenvalue weighted by Gasteiger charge is -2.24. The summed E-state index contributed by atoms with van der Waals surface area (Å²) in [5, 5.41) is 8.77. The Hall–Kier alpha value is -7.43. The topological polar surface area (TPSA) is 34.2 Å². The van der Waals surface area contributed by atoms with Gasteiger partial charge in [0.2, 0.25) is 0 Å². The first-order valence-electron chi connectivity index (χ1n) is 19.2. The molecule has 0 radical (unpaired) electrons. The summed E-state index contributed by atoms with van der Waals surface area (Å²) in [5.74, 6) is 0.852. The standard InChI is InChI=1S/C52H36N4/c1-2-12-35(13-3-1)36-22-24-39(25-23-36)52-53-46(37-26-30-40(31-27-37)55-48-18-8-4-14-42(48)43-15-5-9-19-49(43)55)34-47(54-52)38-28-32-41(33-29-38)56-50-20-10-6-16-44(50)45-17-7-11-21-51(45)56/h1-34,46H,(H,53,54). The lowest BCUT2D eigenvalue weighted by molar-refractivity contribution is 0.879. The minimum atomic E-state index is -0.181. The third-order valence-corrected chi connectivity index (χ3v) is 11.2. The molecule has 8 aromatic carbocycles. The molecule has 1 aliphatic rings. The lowest BCUT2D eigenvalue weighted by atomic mass is 9.99. The summed E-state index contributed by atoms with van der Waals surface area (Å²) in [7, 11) is 0. The van der Waals surface area contributed by atoms with Gasteiger partial charge in [0.1, 0.15) is 5.84 Å². The van der Waals surface area contributed by atoms with Crippen LogP contribution in [0.3, 0.4) is 0 Å². The average Bonchev–Trinajstić information content (AvgIpc) is 3.80. The van der Waals surface area contributed by atoms with Gasteiger partial charge in [-0.25, -0.2) is 0 Å². The number of benzene rings is 8. The van der Waals surface area contributed by atoms with Crippen LogP contribution >= 0.6 is 0 Å². The maximum absolute atomic E-state index is 5.34. The highest BCUT2D eigenvalue weighted by molar-refractivity contribution is 6.10. The molecule has 1 aliphatic heterocycles. The molecule has 2 aromatic heterocycles. The van der Waals surface area contributed by atoms with E-state index in [1.54, 1.807) is 0 Å². The quantitative estimate of drug-likeness (QED) is 0.183. The van der Waals surface area contributed by atoms with E-state index in [4.69, 9.17) is 4.99 Å². The largest absolute Gasteiger partial charge is 0.340 e. The van der Waals surface area contributed by atoms with E-state index in [1.807, 2.05) is 0 Å². The Kier molecular flexibility index (Phi) is 7.52. The van der Waals surface area contributed by atoms with Crippen LogP contribution in [0.15, 0.2) is 211 Å². The Bertz CT molecular complexity index is 3020. The van der Waals surface area contributed by atoms with Crippen molar-refractivity contribution in [2.75, 3.05) is 0 Å². The van der Waals surface area contributed by atoms with E-state index in [0.29, 0.717) is 0 Å². The molecule has 4 heteroatoms. The van der Waals surface area contributed by atoms with E-state index in [-0.39, 0.29) is 6.04 Å². The van der Waals surface area contributed by atoms with Crippen LogP contribution in [0.2, 0.25) is 0 Å². The van der Waals surface area contributed by atoms with Crippen molar-refractivity contribution in [3.05, 3.63) is 223 Å². The van der Waals surface area contributed by atoms with Gasteiger partial charge >= 0.3 is 0 Å². The van der Waals surface area contributed by atoms with Crippen LogP contribution in [0.5, 0.6) is 0 Å². The summed E-state index contributed by atoms with van der Waals surface area (Å²) in [5.41, 5.74) is 13.8. The lowest BCUT2D eigenvalue weighted by Crippen LogP contribution is -2.27. The van der Waals surface area contributed by atoms with Crippen molar-refractivity contribution < 1.29 is 0 Å². The molecule has 0 saturated heterocycles. The Morgan fingerprint density at radius 2 is 0.750 bits per heavy atom. The monoisotopic (exact) mass is 716 g/mol. The average molecular weight is 717 g/mol. The summed E-state index contributed by atoms with van der Waals surface area (Å²) in [4.78, 5) is 5.34. The molecule has 1 N–H and O–H groups in total. The number of nitrogens with zero attached hydrogens (tertiary/aromatic N) is 3. The second-order valence-electron chi connectivity index (χ2n) is 14.4. The van der Waals surface area contributed by atoms with E-state index in [9.17, 15) is 0 Å². The highest BCUT2D eigenvalue weighted by Gasteiger charge is 2.21. The number of amidine groups is 1. The predicted molar refractivity (Wildman–Crippen MR) is 234 cm³/mol. The van der Waals surface area contributed by atoms with Gasteiger partial charge in [-0.1, -0.05) is 152 Å². The molecule has 0 amide bonds. The molecule has 56 heavy (non-hydrogen) atoms. The fourth-order valence-corrected chi connectivity index (χ4v) is 8.48. The number of rotatable bonds is 6. The highest BCUT2D eigenvalue weighted by Crippen LogP contribution is 2.35. The smallest absolute Gasteiger partial charge is 0.133 e. The fourth-order valence-electron chi connectivity index (χ4n) is 8.48. The molecule has 0 bridgehead atoms. The van der Waals surface area contributed by atoms with Crippen molar-refractivity contribution in [3.63, 3.8) is 0 Å². The number of para-hydroxylation sites is 4. The van der Waals surface area contributed by atoms with Crippen LogP contribution in [0.25, 0.3) is 71.8 Å². The molecule has 11 rings (SSSR count). The number of nitrogens with one attached hydrogen (secondary N) is 1. The van der Waals surface area contributed by atoms with Crippen molar-refractivity contribution in [2.45, 2.75) is 6.04 Å². The van der Waals surface area contributed by atoms with Gasteiger partial charge in [0.15, 0.2) is 0 Å². The summed E-state index contributed by atoms with van der Waals surface area (Å²) >= 11 is 0.